The van der Waals surface area contributed by atoms with Crippen molar-refractivity contribution < 1.29 is 22.7 Å². The Kier molecular flexibility index (Phi) is 6.38. The summed E-state index contributed by atoms with van der Waals surface area (Å²) in [5, 5.41) is 10.1. The van der Waals surface area contributed by atoms with E-state index in [0.29, 0.717) is 45.1 Å². The molecule has 1 N–H and O–H groups in total. The van der Waals surface area contributed by atoms with Crippen molar-refractivity contribution in [3.05, 3.63) is 48.7 Å². The predicted molar refractivity (Wildman–Crippen MR) is 93.8 cm³/mol. The van der Waals surface area contributed by atoms with Gasteiger partial charge in [-0.25, -0.2) is 8.42 Å². The van der Waals surface area contributed by atoms with Crippen LogP contribution in [0.25, 0.3) is 0 Å². The van der Waals surface area contributed by atoms with E-state index < -0.39 is 16.1 Å². The summed E-state index contributed by atoms with van der Waals surface area (Å²) in [6.45, 7) is 2.87. The molecule has 8 nitrogen and oxygen atoms in total. The number of piperazine rings is 1. The second-order valence-electron chi connectivity index (χ2n) is 6.14. The zero-order valence-corrected chi connectivity index (χ0v) is 15.2. The molecule has 1 unspecified atom stereocenters. The topological polar surface area (TPSA) is 96.1 Å². The van der Waals surface area contributed by atoms with E-state index in [-0.39, 0.29) is 11.5 Å². The van der Waals surface area contributed by atoms with Crippen LogP contribution >= 0.6 is 0 Å². The molecule has 3 rings (SSSR count). The van der Waals surface area contributed by atoms with Gasteiger partial charge in [0.2, 0.25) is 10.0 Å². The van der Waals surface area contributed by atoms with Gasteiger partial charge < -0.3 is 14.3 Å². The maximum Gasteiger partial charge on any atom is 0.244 e. The van der Waals surface area contributed by atoms with E-state index in [9.17, 15) is 13.5 Å². The van der Waals surface area contributed by atoms with E-state index in [1.807, 2.05) is 11.0 Å². The molecule has 0 aromatic carbocycles. The van der Waals surface area contributed by atoms with E-state index in [4.69, 9.17) is 9.15 Å². The number of furan rings is 1. The summed E-state index contributed by atoms with van der Waals surface area (Å²) < 4.78 is 37.2. The molecular weight excluding hydrogens is 358 g/mol. The highest BCUT2D eigenvalue weighted by Gasteiger charge is 2.29. The van der Waals surface area contributed by atoms with Gasteiger partial charge in [-0.1, -0.05) is 0 Å². The summed E-state index contributed by atoms with van der Waals surface area (Å²) in [5.41, 5.74) is 0. The highest BCUT2D eigenvalue weighted by atomic mass is 32.2. The van der Waals surface area contributed by atoms with Crippen molar-refractivity contribution in [2.45, 2.75) is 17.6 Å². The van der Waals surface area contributed by atoms with Crippen molar-refractivity contribution in [2.75, 3.05) is 39.3 Å². The molecule has 0 bridgehead atoms. The highest BCUT2D eigenvalue weighted by molar-refractivity contribution is 7.89. The van der Waals surface area contributed by atoms with Gasteiger partial charge in [0.1, 0.15) is 17.3 Å². The Balaban J connectivity index is 1.42. The Morgan fingerprint density at radius 2 is 2.04 bits per heavy atom. The molecule has 9 heteroatoms. The molecule has 1 saturated heterocycles. The molecule has 142 valence electrons. The van der Waals surface area contributed by atoms with Crippen molar-refractivity contribution >= 4 is 10.0 Å². The first-order chi connectivity index (χ1) is 12.6. The molecule has 26 heavy (non-hydrogen) atoms. The third kappa shape index (κ3) is 4.89. The molecule has 0 radical (unpaired) electrons. The molecule has 0 saturated carbocycles. The summed E-state index contributed by atoms with van der Waals surface area (Å²) in [7, 11) is -3.51. The standard InChI is InChI=1S/C17H23N3O5S/c21-15(13-24-14-16-3-2-10-25-16)12-19-6-8-20(9-7-19)26(22,23)17-4-1-5-18-11-17/h1-5,10-11,15,21H,6-9,12-14H2. The van der Waals surface area contributed by atoms with E-state index in [2.05, 4.69) is 4.98 Å². The van der Waals surface area contributed by atoms with Crippen LogP contribution in [0.3, 0.4) is 0 Å². The highest BCUT2D eigenvalue weighted by Crippen LogP contribution is 2.16. The minimum absolute atomic E-state index is 0.203. The lowest BCUT2D eigenvalue weighted by Crippen LogP contribution is -2.50. The number of hydrogen-bond donors (Lipinski definition) is 1. The molecule has 0 spiro atoms. The van der Waals surface area contributed by atoms with Crippen LogP contribution < -0.4 is 0 Å². The lowest BCUT2D eigenvalue weighted by molar-refractivity contribution is 0.00100. The predicted octanol–water partition coefficient (Wildman–Crippen LogP) is 0.559. The minimum Gasteiger partial charge on any atom is -0.467 e. The summed E-state index contributed by atoms with van der Waals surface area (Å²) in [5.74, 6) is 0.714. The SMILES string of the molecule is O=S(=O)(c1cccnc1)N1CCN(CC(O)COCc2ccco2)CC1. The van der Waals surface area contributed by atoms with E-state index in [0.717, 1.165) is 0 Å². The zero-order valence-electron chi connectivity index (χ0n) is 14.4. The number of aromatic nitrogens is 1. The first kappa shape index (κ1) is 19.0. The Morgan fingerprint density at radius 3 is 2.69 bits per heavy atom. The Labute approximate surface area is 153 Å². The number of hydrogen-bond acceptors (Lipinski definition) is 7. The number of β-amino-alcohol motifs (C(OH)–C–C–N with tert-alkyl or cyclic N) is 1. The molecule has 2 aromatic heterocycles. The van der Waals surface area contributed by atoms with E-state index >= 15 is 0 Å². The Morgan fingerprint density at radius 1 is 1.23 bits per heavy atom. The average Bonchev–Trinajstić information content (AvgIpc) is 3.16. The van der Waals surface area contributed by atoms with Crippen LogP contribution in [-0.2, 0) is 21.4 Å². The first-order valence-corrected chi connectivity index (χ1v) is 9.90. The smallest absolute Gasteiger partial charge is 0.244 e. The third-order valence-electron chi connectivity index (χ3n) is 4.21. The fraction of sp³-hybridized carbons (Fsp3) is 0.471. The van der Waals surface area contributed by atoms with Gasteiger partial charge in [0, 0.05) is 45.1 Å². The fourth-order valence-electron chi connectivity index (χ4n) is 2.84. The monoisotopic (exact) mass is 381 g/mol. The van der Waals surface area contributed by atoms with Gasteiger partial charge in [-0.15, -0.1) is 0 Å². The van der Waals surface area contributed by atoms with Gasteiger partial charge in [-0.05, 0) is 24.3 Å². The van der Waals surface area contributed by atoms with Crippen LogP contribution in [0.2, 0.25) is 0 Å². The second-order valence-corrected chi connectivity index (χ2v) is 8.08. The number of aliphatic hydroxyl groups excluding tert-OH is 1. The Bertz CT molecular complexity index is 759. The van der Waals surface area contributed by atoms with Crippen LogP contribution in [0.5, 0.6) is 0 Å². The number of aliphatic hydroxyl groups is 1. The number of ether oxygens (including phenoxy) is 1. The van der Waals surface area contributed by atoms with Gasteiger partial charge in [0.05, 0.1) is 19.0 Å². The molecule has 1 aliphatic rings. The van der Waals surface area contributed by atoms with Gasteiger partial charge in [-0.3, -0.25) is 9.88 Å². The van der Waals surface area contributed by atoms with Gasteiger partial charge in [0.15, 0.2) is 0 Å². The van der Waals surface area contributed by atoms with Crippen LogP contribution in [0, 0.1) is 0 Å². The molecule has 1 fully saturated rings. The number of rotatable bonds is 8. The molecule has 1 atom stereocenters. The summed E-state index contributed by atoms with van der Waals surface area (Å²) in [6, 6.07) is 6.76. The lowest BCUT2D eigenvalue weighted by Gasteiger charge is -2.34. The van der Waals surface area contributed by atoms with Crippen LogP contribution in [0.1, 0.15) is 5.76 Å². The quantitative estimate of drug-likeness (QED) is 0.714. The molecule has 0 amide bonds. The van der Waals surface area contributed by atoms with E-state index in [1.165, 1.54) is 10.5 Å². The van der Waals surface area contributed by atoms with Crippen molar-refractivity contribution in [1.82, 2.24) is 14.2 Å². The summed E-state index contributed by atoms with van der Waals surface area (Å²) in [6.07, 6.45) is 3.86. The van der Waals surface area contributed by atoms with Gasteiger partial charge in [-0.2, -0.15) is 4.31 Å². The van der Waals surface area contributed by atoms with Gasteiger partial charge in [0.25, 0.3) is 0 Å². The second kappa shape index (κ2) is 8.74. The van der Waals surface area contributed by atoms with Crippen molar-refractivity contribution in [2.24, 2.45) is 0 Å². The number of nitrogens with zero attached hydrogens (tertiary/aromatic N) is 3. The first-order valence-electron chi connectivity index (χ1n) is 8.46. The van der Waals surface area contributed by atoms with Crippen molar-refractivity contribution in [3.63, 3.8) is 0 Å². The summed E-state index contributed by atoms with van der Waals surface area (Å²) >= 11 is 0. The number of pyridine rings is 1. The molecule has 0 aliphatic carbocycles. The normalized spacial score (nSPS) is 18.0. The van der Waals surface area contributed by atoms with Crippen LogP contribution in [0.4, 0.5) is 0 Å². The van der Waals surface area contributed by atoms with E-state index in [1.54, 1.807) is 30.7 Å². The maximum atomic E-state index is 12.6. The lowest BCUT2D eigenvalue weighted by atomic mass is 10.3. The molecule has 3 heterocycles. The number of sulfonamides is 1. The Hall–Kier alpha value is -1.78. The van der Waals surface area contributed by atoms with Crippen molar-refractivity contribution in [3.8, 4) is 0 Å². The largest absolute Gasteiger partial charge is 0.467 e. The molecule has 2 aromatic rings. The van der Waals surface area contributed by atoms with Crippen molar-refractivity contribution in [1.29, 1.82) is 0 Å². The zero-order chi connectivity index (χ0) is 18.4. The maximum absolute atomic E-state index is 12.6. The van der Waals surface area contributed by atoms with Gasteiger partial charge >= 0.3 is 0 Å². The summed E-state index contributed by atoms with van der Waals surface area (Å²) in [4.78, 5) is 6.12. The fourth-order valence-corrected chi connectivity index (χ4v) is 4.23. The van der Waals surface area contributed by atoms with Crippen LogP contribution in [-0.4, -0.2) is 73.1 Å². The minimum atomic E-state index is -3.51. The average molecular weight is 381 g/mol. The molecule has 1 aliphatic heterocycles. The molecular formula is C17H23N3O5S. The van der Waals surface area contributed by atoms with Crippen LogP contribution in [0.15, 0.2) is 52.2 Å². The third-order valence-corrected chi connectivity index (χ3v) is 6.09.